The molecule has 0 radical (unpaired) electrons. The van der Waals surface area contributed by atoms with Gasteiger partial charge in [0.1, 0.15) is 11.6 Å². The van der Waals surface area contributed by atoms with E-state index in [2.05, 4.69) is 10.2 Å². The van der Waals surface area contributed by atoms with E-state index in [1.165, 1.54) is 12.1 Å². The molecule has 5 nitrogen and oxygen atoms in total. The van der Waals surface area contributed by atoms with Crippen LogP contribution < -0.4 is 10.1 Å². The number of carbonyl (C=O) groups is 1. The minimum absolute atomic E-state index is 0.0494. The van der Waals surface area contributed by atoms with Gasteiger partial charge in [-0.05, 0) is 31.8 Å². The van der Waals surface area contributed by atoms with Gasteiger partial charge >= 0.3 is 0 Å². The number of likely N-dealkylation sites (N-methyl/N-ethyl adjacent to an activating group) is 1. The molecule has 1 aliphatic rings. The third kappa shape index (κ3) is 4.68. The maximum absolute atomic E-state index is 13.5. The number of carbonyl (C=O) groups excluding carboxylic acids is 1. The van der Waals surface area contributed by atoms with Crippen molar-refractivity contribution in [1.29, 1.82) is 0 Å². The Kier molecular flexibility index (Phi) is 5.52. The summed E-state index contributed by atoms with van der Waals surface area (Å²) in [6.07, 6.45) is 0. The summed E-state index contributed by atoms with van der Waals surface area (Å²) in [6, 6.07) is 4.50. The molecule has 0 aliphatic carbocycles. The number of benzene rings is 1. The number of halogens is 1. The predicted molar refractivity (Wildman–Crippen MR) is 78.7 cm³/mol. The van der Waals surface area contributed by atoms with E-state index in [9.17, 15) is 9.18 Å². The highest BCUT2D eigenvalue weighted by Gasteiger charge is 2.19. The predicted octanol–water partition coefficient (Wildman–Crippen LogP) is 0.698. The highest BCUT2D eigenvalue weighted by Crippen LogP contribution is 2.16. The van der Waals surface area contributed by atoms with Crippen molar-refractivity contribution in [3.63, 3.8) is 0 Å². The monoisotopic (exact) mass is 295 g/mol. The van der Waals surface area contributed by atoms with Crippen LogP contribution in [0.3, 0.4) is 0 Å². The summed E-state index contributed by atoms with van der Waals surface area (Å²) in [5.41, 5.74) is 0.791. The lowest BCUT2D eigenvalue weighted by atomic mass is 10.2. The lowest BCUT2D eigenvalue weighted by Crippen LogP contribution is -2.48. The molecule has 1 aliphatic heterocycles. The number of hydrogen-bond donors (Lipinski definition) is 1. The fourth-order valence-corrected chi connectivity index (χ4v) is 2.30. The van der Waals surface area contributed by atoms with Crippen molar-refractivity contribution in [3.8, 4) is 5.75 Å². The summed E-state index contributed by atoms with van der Waals surface area (Å²) in [7, 11) is 3.83. The van der Waals surface area contributed by atoms with Gasteiger partial charge in [-0.25, -0.2) is 4.39 Å². The molecule has 116 valence electrons. The Bertz CT molecular complexity index is 488. The topological polar surface area (TPSA) is 44.8 Å². The Morgan fingerprint density at radius 1 is 1.29 bits per heavy atom. The van der Waals surface area contributed by atoms with E-state index in [1.54, 1.807) is 18.0 Å². The standard InChI is InChI=1S/C15H22FN3O2/c1-17-10-12-7-13(16)9-14(8-12)21-11-15(20)19-5-3-18(2)4-6-19/h7-9,17H,3-6,10-11H2,1-2H3. The average molecular weight is 295 g/mol. The first kappa shape index (κ1) is 15.7. The van der Waals surface area contributed by atoms with Crippen molar-refractivity contribution in [2.45, 2.75) is 6.54 Å². The first-order chi connectivity index (χ1) is 10.1. The van der Waals surface area contributed by atoms with Gasteiger partial charge in [-0.1, -0.05) is 0 Å². The van der Waals surface area contributed by atoms with Crippen molar-refractivity contribution < 1.29 is 13.9 Å². The van der Waals surface area contributed by atoms with Gasteiger partial charge in [0.25, 0.3) is 5.91 Å². The van der Waals surface area contributed by atoms with Crippen molar-refractivity contribution in [3.05, 3.63) is 29.6 Å². The zero-order valence-electron chi connectivity index (χ0n) is 12.6. The van der Waals surface area contributed by atoms with Gasteiger partial charge in [-0.3, -0.25) is 4.79 Å². The van der Waals surface area contributed by atoms with Crippen LogP contribution in [0.15, 0.2) is 18.2 Å². The Hall–Kier alpha value is -1.66. The van der Waals surface area contributed by atoms with E-state index >= 15 is 0 Å². The van der Waals surface area contributed by atoms with Crippen LogP contribution in [-0.2, 0) is 11.3 Å². The van der Waals surface area contributed by atoms with Gasteiger partial charge in [0.05, 0.1) is 0 Å². The molecule has 0 unspecified atom stereocenters. The number of ether oxygens (including phenoxy) is 1. The second kappa shape index (κ2) is 7.38. The van der Waals surface area contributed by atoms with Crippen LogP contribution in [0, 0.1) is 5.82 Å². The van der Waals surface area contributed by atoms with Gasteiger partial charge < -0.3 is 19.9 Å². The number of nitrogens with zero attached hydrogens (tertiary/aromatic N) is 2. The molecule has 6 heteroatoms. The van der Waals surface area contributed by atoms with Crippen molar-refractivity contribution in [1.82, 2.24) is 15.1 Å². The molecule has 1 fully saturated rings. The third-order valence-electron chi connectivity index (χ3n) is 3.53. The van der Waals surface area contributed by atoms with Crippen LogP contribution in [0.4, 0.5) is 4.39 Å². The maximum Gasteiger partial charge on any atom is 0.260 e. The van der Waals surface area contributed by atoms with Gasteiger partial charge in [-0.15, -0.1) is 0 Å². The molecule has 0 aromatic heterocycles. The van der Waals surface area contributed by atoms with E-state index in [-0.39, 0.29) is 18.3 Å². The molecule has 0 atom stereocenters. The SMILES string of the molecule is CNCc1cc(F)cc(OCC(=O)N2CCN(C)CC2)c1. The molecule has 1 saturated heterocycles. The maximum atomic E-state index is 13.5. The highest BCUT2D eigenvalue weighted by molar-refractivity contribution is 5.77. The van der Waals surface area contributed by atoms with Gasteiger partial charge in [0, 0.05) is 38.8 Å². The molecule has 1 N–H and O–H groups in total. The minimum Gasteiger partial charge on any atom is -0.484 e. The Morgan fingerprint density at radius 3 is 2.67 bits per heavy atom. The summed E-state index contributed by atoms with van der Waals surface area (Å²) in [5, 5.41) is 2.96. The molecular weight excluding hydrogens is 273 g/mol. The zero-order chi connectivity index (χ0) is 15.2. The number of rotatable bonds is 5. The van der Waals surface area contributed by atoms with E-state index < -0.39 is 0 Å². The first-order valence-electron chi connectivity index (χ1n) is 7.11. The first-order valence-corrected chi connectivity index (χ1v) is 7.11. The molecule has 1 amide bonds. The van der Waals surface area contributed by atoms with E-state index in [0.717, 1.165) is 18.7 Å². The van der Waals surface area contributed by atoms with E-state index in [0.29, 0.717) is 25.4 Å². The van der Waals surface area contributed by atoms with Crippen molar-refractivity contribution >= 4 is 5.91 Å². The Labute approximate surface area is 124 Å². The lowest BCUT2D eigenvalue weighted by Gasteiger charge is -2.32. The van der Waals surface area contributed by atoms with Crippen LogP contribution >= 0.6 is 0 Å². The molecule has 0 bridgehead atoms. The molecule has 1 aromatic rings. The van der Waals surface area contributed by atoms with E-state index in [4.69, 9.17) is 4.74 Å². The molecule has 1 heterocycles. The van der Waals surface area contributed by atoms with Crippen molar-refractivity contribution in [2.75, 3.05) is 46.9 Å². The lowest BCUT2D eigenvalue weighted by molar-refractivity contribution is -0.134. The molecule has 1 aromatic carbocycles. The average Bonchev–Trinajstić information content (AvgIpc) is 2.45. The number of amides is 1. The summed E-state index contributed by atoms with van der Waals surface area (Å²) < 4.78 is 18.9. The Morgan fingerprint density at radius 2 is 2.00 bits per heavy atom. The number of piperazine rings is 1. The van der Waals surface area contributed by atoms with E-state index in [1.807, 2.05) is 7.05 Å². The summed E-state index contributed by atoms with van der Waals surface area (Å²) in [4.78, 5) is 16.0. The van der Waals surface area contributed by atoms with Crippen LogP contribution in [0.5, 0.6) is 5.75 Å². The fourth-order valence-electron chi connectivity index (χ4n) is 2.30. The Balaban J connectivity index is 1.88. The normalized spacial score (nSPS) is 16.0. The smallest absolute Gasteiger partial charge is 0.260 e. The van der Waals surface area contributed by atoms with Crippen LogP contribution in [0.2, 0.25) is 0 Å². The molecule has 21 heavy (non-hydrogen) atoms. The quantitative estimate of drug-likeness (QED) is 0.868. The second-order valence-corrected chi connectivity index (χ2v) is 5.30. The summed E-state index contributed by atoms with van der Waals surface area (Å²) in [5.74, 6) is -0.0185. The summed E-state index contributed by atoms with van der Waals surface area (Å²) in [6.45, 7) is 3.68. The molecule has 0 spiro atoms. The number of hydrogen-bond acceptors (Lipinski definition) is 4. The minimum atomic E-state index is -0.357. The fraction of sp³-hybridized carbons (Fsp3) is 0.533. The van der Waals surface area contributed by atoms with Crippen LogP contribution in [0.1, 0.15) is 5.56 Å². The van der Waals surface area contributed by atoms with Crippen LogP contribution in [-0.4, -0.2) is 62.6 Å². The molecular formula is C15H22FN3O2. The third-order valence-corrected chi connectivity index (χ3v) is 3.53. The molecule has 0 saturated carbocycles. The largest absolute Gasteiger partial charge is 0.484 e. The van der Waals surface area contributed by atoms with Crippen LogP contribution in [0.25, 0.3) is 0 Å². The van der Waals surface area contributed by atoms with Gasteiger partial charge in [0.2, 0.25) is 0 Å². The summed E-state index contributed by atoms with van der Waals surface area (Å²) >= 11 is 0. The van der Waals surface area contributed by atoms with Gasteiger partial charge in [-0.2, -0.15) is 0 Å². The van der Waals surface area contributed by atoms with Gasteiger partial charge in [0.15, 0.2) is 6.61 Å². The van der Waals surface area contributed by atoms with Crippen molar-refractivity contribution in [2.24, 2.45) is 0 Å². The second-order valence-electron chi connectivity index (χ2n) is 5.30. The molecule has 2 rings (SSSR count). The zero-order valence-corrected chi connectivity index (χ0v) is 12.6. The highest BCUT2D eigenvalue weighted by atomic mass is 19.1. The number of nitrogens with one attached hydrogen (secondary N) is 1.